The highest BCUT2D eigenvalue weighted by molar-refractivity contribution is 9.10. The Bertz CT molecular complexity index is 653. The lowest BCUT2D eigenvalue weighted by molar-refractivity contribution is 0.0696. The molecule has 0 aliphatic heterocycles. The molecule has 8 heteroatoms. The van der Waals surface area contributed by atoms with Gasteiger partial charge in [-0.3, -0.25) is 4.79 Å². The molecule has 0 unspecified atom stereocenters. The fourth-order valence-corrected chi connectivity index (χ4v) is 1.67. The summed E-state index contributed by atoms with van der Waals surface area (Å²) in [5.74, 6) is -1.52. The van der Waals surface area contributed by atoms with Gasteiger partial charge in [0.1, 0.15) is 0 Å². The second-order valence-corrected chi connectivity index (χ2v) is 4.45. The van der Waals surface area contributed by atoms with Crippen LogP contribution in [0.1, 0.15) is 26.9 Å². The van der Waals surface area contributed by atoms with Gasteiger partial charge in [0, 0.05) is 11.4 Å². The number of aromatic nitrogens is 2. The fraction of sp³-hybridized carbons (Fsp3) is 0.0909. The summed E-state index contributed by atoms with van der Waals surface area (Å²) < 4.78 is 5.24. The predicted molar refractivity (Wildman–Crippen MR) is 68.1 cm³/mol. The summed E-state index contributed by atoms with van der Waals surface area (Å²) in [6.45, 7) is 1.56. The number of anilines is 1. The highest BCUT2D eigenvalue weighted by atomic mass is 79.9. The molecule has 0 aliphatic rings. The van der Waals surface area contributed by atoms with E-state index < -0.39 is 11.9 Å². The molecule has 0 bridgehead atoms. The summed E-state index contributed by atoms with van der Waals surface area (Å²) in [5.41, 5.74) is 0.371. The van der Waals surface area contributed by atoms with Crippen LogP contribution in [0.4, 0.5) is 5.69 Å². The van der Waals surface area contributed by atoms with Gasteiger partial charge in [-0.2, -0.15) is 4.98 Å². The first-order valence-electron chi connectivity index (χ1n) is 5.12. The number of carbonyl (C=O) groups is 2. The zero-order valence-electron chi connectivity index (χ0n) is 9.68. The highest BCUT2D eigenvalue weighted by Gasteiger charge is 2.15. The maximum absolute atomic E-state index is 11.8. The first-order chi connectivity index (χ1) is 8.97. The van der Waals surface area contributed by atoms with Crippen LogP contribution in [0, 0.1) is 6.92 Å². The molecule has 0 saturated heterocycles. The Kier molecular flexibility index (Phi) is 3.61. The van der Waals surface area contributed by atoms with Gasteiger partial charge in [-0.15, -0.1) is 0 Å². The smallest absolute Gasteiger partial charge is 0.335 e. The molecule has 1 aromatic heterocycles. The number of nitrogens with one attached hydrogen (secondary N) is 1. The van der Waals surface area contributed by atoms with E-state index in [1.54, 1.807) is 6.92 Å². The van der Waals surface area contributed by atoms with Crippen LogP contribution in [-0.4, -0.2) is 27.1 Å². The third-order valence-electron chi connectivity index (χ3n) is 2.19. The highest BCUT2D eigenvalue weighted by Crippen LogP contribution is 2.24. The number of aromatic carboxylic acids is 1. The summed E-state index contributed by atoms with van der Waals surface area (Å²) in [6, 6.07) is 4.28. The molecular formula is C11H8BrN3O4. The van der Waals surface area contributed by atoms with E-state index in [1.807, 2.05) is 0 Å². The quantitative estimate of drug-likeness (QED) is 0.895. The maximum atomic E-state index is 11.8. The molecule has 0 spiro atoms. The van der Waals surface area contributed by atoms with Crippen molar-refractivity contribution in [2.24, 2.45) is 0 Å². The molecule has 7 nitrogen and oxygen atoms in total. The van der Waals surface area contributed by atoms with E-state index in [4.69, 9.17) is 5.11 Å². The van der Waals surface area contributed by atoms with Crippen molar-refractivity contribution in [1.82, 2.24) is 10.1 Å². The monoisotopic (exact) mass is 325 g/mol. The molecule has 1 aromatic carbocycles. The van der Waals surface area contributed by atoms with Gasteiger partial charge in [0.15, 0.2) is 0 Å². The Morgan fingerprint density at radius 1 is 1.42 bits per heavy atom. The van der Waals surface area contributed by atoms with Crippen molar-refractivity contribution >= 4 is 33.5 Å². The summed E-state index contributed by atoms with van der Waals surface area (Å²) in [7, 11) is 0. The molecular weight excluding hydrogens is 318 g/mol. The molecule has 0 radical (unpaired) electrons. The molecule has 0 atom stereocenters. The minimum Gasteiger partial charge on any atom is -0.478 e. The number of halogens is 1. The largest absolute Gasteiger partial charge is 0.478 e. The van der Waals surface area contributed by atoms with Crippen molar-refractivity contribution in [3.05, 3.63) is 40.0 Å². The van der Waals surface area contributed by atoms with Crippen molar-refractivity contribution in [2.75, 3.05) is 5.32 Å². The van der Waals surface area contributed by atoms with Crippen LogP contribution in [0.2, 0.25) is 0 Å². The van der Waals surface area contributed by atoms with Gasteiger partial charge in [0.25, 0.3) is 11.7 Å². The molecule has 19 heavy (non-hydrogen) atoms. The van der Waals surface area contributed by atoms with Gasteiger partial charge >= 0.3 is 5.97 Å². The number of nitrogens with zero attached hydrogens (tertiary/aromatic N) is 2. The van der Waals surface area contributed by atoms with Crippen molar-refractivity contribution < 1.29 is 19.2 Å². The van der Waals surface area contributed by atoms with Gasteiger partial charge < -0.3 is 14.9 Å². The van der Waals surface area contributed by atoms with E-state index in [1.165, 1.54) is 18.2 Å². The number of carboxylic acid groups (broad SMARTS) is 1. The summed E-state index contributed by atoms with van der Waals surface area (Å²) in [4.78, 5) is 26.4. The SMILES string of the molecule is Cc1nc(C(=O)Nc2cc(C(=O)O)ccc2Br)no1. The number of amides is 1. The van der Waals surface area contributed by atoms with Crippen LogP contribution in [-0.2, 0) is 0 Å². The number of hydrogen-bond acceptors (Lipinski definition) is 5. The van der Waals surface area contributed by atoms with Crippen LogP contribution < -0.4 is 5.32 Å². The summed E-state index contributed by atoms with van der Waals surface area (Å²) in [5, 5.41) is 14.9. The number of carboxylic acids is 1. The third kappa shape index (κ3) is 2.97. The molecule has 1 heterocycles. The van der Waals surface area contributed by atoms with Crippen molar-refractivity contribution in [3.8, 4) is 0 Å². The van der Waals surface area contributed by atoms with Crippen LogP contribution in [0.3, 0.4) is 0 Å². The van der Waals surface area contributed by atoms with Crippen LogP contribution in [0.5, 0.6) is 0 Å². The minimum absolute atomic E-state index is 0.0581. The van der Waals surface area contributed by atoms with E-state index in [9.17, 15) is 9.59 Å². The van der Waals surface area contributed by atoms with Crippen LogP contribution in [0.25, 0.3) is 0 Å². The first kappa shape index (κ1) is 13.2. The lowest BCUT2D eigenvalue weighted by atomic mass is 10.2. The van der Waals surface area contributed by atoms with E-state index in [0.29, 0.717) is 10.2 Å². The van der Waals surface area contributed by atoms with Gasteiger partial charge in [-0.05, 0) is 34.1 Å². The molecule has 2 N–H and O–H groups in total. The van der Waals surface area contributed by atoms with E-state index in [2.05, 4.69) is 35.9 Å². The fourth-order valence-electron chi connectivity index (χ4n) is 1.32. The van der Waals surface area contributed by atoms with Gasteiger partial charge in [-0.1, -0.05) is 5.16 Å². The molecule has 0 fully saturated rings. The Labute approximate surface area is 115 Å². The zero-order chi connectivity index (χ0) is 14.0. The lowest BCUT2D eigenvalue weighted by Crippen LogP contribution is -2.14. The Morgan fingerprint density at radius 2 is 2.16 bits per heavy atom. The van der Waals surface area contributed by atoms with E-state index in [-0.39, 0.29) is 17.3 Å². The summed E-state index contributed by atoms with van der Waals surface area (Å²) in [6.07, 6.45) is 0. The molecule has 0 aliphatic carbocycles. The zero-order valence-corrected chi connectivity index (χ0v) is 11.3. The molecule has 98 valence electrons. The molecule has 1 amide bonds. The second-order valence-electron chi connectivity index (χ2n) is 3.59. The topological polar surface area (TPSA) is 105 Å². The van der Waals surface area contributed by atoms with Crippen molar-refractivity contribution in [3.63, 3.8) is 0 Å². The molecule has 0 saturated carbocycles. The maximum Gasteiger partial charge on any atom is 0.335 e. The standard InChI is InChI=1S/C11H8BrN3O4/c1-5-13-9(15-19-5)10(16)14-8-4-6(11(17)18)2-3-7(8)12/h2-4H,1H3,(H,14,16)(H,17,18). The van der Waals surface area contributed by atoms with Crippen LogP contribution in [0.15, 0.2) is 27.2 Å². The van der Waals surface area contributed by atoms with Crippen LogP contribution >= 0.6 is 15.9 Å². The minimum atomic E-state index is -1.08. The second kappa shape index (κ2) is 5.19. The van der Waals surface area contributed by atoms with Gasteiger partial charge in [0.2, 0.25) is 5.89 Å². The number of benzene rings is 1. The van der Waals surface area contributed by atoms with Crippen molar-refractivity contribution in [1.29, 1.82) is 0 Å². The predicted octanol–water partition coefficient (Wildman–Crippen LogP) is 2.09. The Hall–Kier alpha value is -2.22. The normalized spacial score (nSPS) is 10.2. The van der Waals surface area contributed by atoms with Gasteiger partial charge in [-0.25, -0.2) is 4.79 Å². The first-order valence-corrected chi connectivity index (χ1v) is 5.91. The average molecular weight is 326 g/mol. The third-order valence-corrected chi connectivity index (χ3v) is 2.88. The summed E-state index contributed by atoms with van der Waals surface area (Å²) >= 11 is 3.21. The number of hydrogen-bond donors (Lipinski definition) is 2. The van der Waals surface area contributed by atoms with E-state index >= 15 is 0 Å². The molecule has 2 rings (SSSR count). The Morgan fingerprint density at radius 3 is 2.74 bits per heavy atom. The molecule has 2 aromatic rings. The van der Waals surface area contributed by atoms with Crippen molar-refractivity contribution in [2.45, 2.75) is 6.92 Å². The van der Waals surface area contributed by atoms with E-state index in [0.717, 1.165) is 0 Å². The number of aryl methyl sites for hydroxylation is 1. The van der Waals surface area contributed by atoms with Gasteiger partial charge in [0.05, 0.1) is 11.3 Å². The number of carbonyl (C=O) groups excluding carboxylic acids is 1. The average Bonchev–Trinajstić information content (AvgIpc) is 2.78. The number of rotatable bonds is 3. The lowest BCUT2D eigenvalue weighted by Gasteiger charge is -2.06. The Balaban J connectivity index is 2.25.